The fraction of sp³-hybridized carbons (Fsp3) is 0.945. The molecule has 0 rings (SSSR count). The fourth-order valence-electron chi connectivity index (χ4n) is 11.0. The van der Waals surface area contributed by atoms with Gasteiger partial charge >= 0.3 is 39.5 Å². The number of phosphoric ester groups is 2. The summed E-state index contributed by atoms with van der Waals surface area (Å²) >= 11 is 0. The third-order valence-electron chi connectivity index (χ3n) is 16.8. The van der Waals surface area contributed by atoms with Crippen molar-refractivity contribution in [2.45, 2.75) is 382 Å². The Hall–Kier alpha value is -1.94. The SMILES string of the molecule is CC(C)CCCCCCCCCCCCCCCCCCC(=O)OC[C@H](COP(=O)(O)OCC(O)COP(=O)(O)OC[C@@H](COC(=O)CCCCCCCCCCC(C)C)OC(=O)CCCCCCCCCC(C)C)OC(=O)CCCCCCCCCCCC(C)C. The van der Waals surface area contributed by atoms with Crippen LogP contribution in [0.25, 0.3) is 0 Å². The molecule has 19 heteroatoms. The number of hydrogen-bond acceptors (Lipinski definition) is 15. The molecule has 0 aliphatic rings. The summed E-state index contributed by atoms with van der Waals surface area (Å²) in [5, 5.41) is 10.6. The molecule has 3 unspecified atom stereocenters. The van der Waals surface area contributed by atoms with E-state index in [9.17, 15) is 43.2 Å². The normalized spacial score (nSPS) is 14.2. The van der Waals surface area contributed by atoms with Gasteiger partial charge in [0, 0.05) is 25.7 Å². The summed E-state index contributed by atoms with van der Waals surface area (Å²) in [6, 6.07) is 0. The molecule has 5 atom stereocenters. The molecule has 0 aromatic carbocycles. The highest BCUT2D eigenvalue weighted by Crippen LogP contribution is 2.45. The van der Waals surface area contributed by atoms with Crippen molar-refractivity contribution in [3.05, 3.63) is 0 Å². The van der Waals surface area contributed by atoms with E-state index in [-0.39, 0.29) is 25.7 Å². The zero-order chi connectivity index (χ0) is 68.2. The third kappa shape index (κ3) is 66.7. The standard InChI is InChI=1S/C73H142O17P2/c1-63(2)49-41-33-25-18-15-13-11-9-10-12-14-16-20-29-37-45-53-70(75)83-59-68(89-72(77)55-47-39-31-21-17-19-26-34-42-50-64(3)4)61-87-91(79,80)85-57-67(74)58-86-92(81,82)88-62-69(90-73(78)56-48-40-32-24-28-36-44-52-66(7)8)60-84-71(76)54-46-38-30-23-22-27-35-43-51-65(5)6/h63-69,74H,9-62H2,1-8H3,(H,79,80)(H,81,82)/t67?,68-,69-/m1/s1. The van der Waals surface area contributed by atoms with E-state index in [2.05, 4.69) is 55.4 Å². The monoisotopic (exact) mass is 1350 g/mol. The minimum atomic E-state index is -4.95. The summed E-state index contributed by atoms with van der Waals surface area (Å²) in [7, 11) is -9.91. The molecule has 0 heterocycles. The average Bonchev–Trinajstić information content (AvgIpc) is 2.28. The molecule has 0 aliphatic heterocycles. The van der Waals surface area contributed by atoms with Gasteiger partial charge < -0.3 is 33.8 Å². The van der Waals surface area contributed by atoms with Crippen LogP contribution in [0.3, 0.4) is 0 Å². The summed E-state index contributed by atoms with van der Waals surface area (Å²) in [6.45, 7) is 14.1. The lowest BCUT2D eigenvalue weighted by atomic mass is 10.0. The Kier molecular flexibility index (Phi) is 61.3. The number of carbonyl (C=O) groups excluding carboxylic acids is 4. The van der Waals surface area contributed by atoms with Gasteiger partial charge in [0.25, 0.3) is 0 Å². The molecule has 546 valence electrons. The molecule has 0 aromatic heterocycles. The van der Waals surface area contributed by atoms with Gasteiger partial charge in [-0.3, -0.25) is 37.3 Å². The number of aliphatic hydroxyl groups excluding tert-OH is 1. The van der Waals surface area contributed by atoms with E-state index in [4.69, 9.17) is 37.0 Å². The van der Waals surface area contributed by atoms with Crippen molar-refractivity contribution in [2.75, 3.05) is 39.6 Å². The maximum atomic E-state index is 13.0. The van der Waals surface area contributed by atoms with Crippen LogP contribution in [0.4, 0.5) is 0 Å². The molecule has 17 nitrogen and oxygen atoms in total. The second-order valence-corrected chi connectivity index (χ2v) is 31.1. The average molecular weight is 1350 g/mol. The summed E-state index contributed by atoms with van der Waals surface area (Å²) in [5.41, 5.74) is 0. The first-order valence-corrected chi connectivity index (χ1v) is 40.7. The van der Waals surface area contributed by atoms with E-state index in [0.29, 0.717) is 31.6 Å². The molecule has 0 aliphatic carbocycles. The lowest BCUT2D eigenvalue weighted by Crippen LogP contribution is -2.30. The first-order valence-electron chi connectivity index (χ1n) is 37.7. The van der Waals surface area contributed by atoms with E-state index in [1.54, 1.807) is 0 Å². The van der Waals surface area contributed by atoms with Crippen LogP contribution in [0, 0.1) is 23.7 Å². The number of esters is 4. The molecule has 0 spiro atoms. The highest BCUT2D eigenvalue weighted by atomic mass is 31.2. The molecule has 0 saturated heterocycles. The topological polar surface area (TPSA) is 237 Å². The number of rotatable bonds is 70. The quantitative estimate of drug-likeness (QED) is 0.0222. The number of unbranched alkanes of at least 4 members (excludes halogenated alkanes) is 36. The van der Waals surface area contributed by atoms with Gasteiger partial charge in [-0.15, -0.1) is 0 Å². The van der Waals surface area contributed by atoms with Gasteiger partial charge in [-0.2, -0.15) is 0 Å². The zero-order valence-electron chi connectivity index (χ0n) is 60.2. The van der Waals surface area contributed by atoms with Crippen LogP contribution in [0.5, 0.6) is 0 Å². The Morgan fingerprint density at radius 3 is 0.674 bits per heavy atom. The predicted octanol–water partition coefficient (Wildman–Crippen LogP) is 20.9. The highest BCUT2D eigenvalue weighted by Gasteiger charge is 2.30. The van der Waals surface area contributed by atoms with Crippen LogP contribution in [0.1, 0.15) is 364 Å². The molecule has 0 bridgehead atoms. The maximum Gasteiger partial charge on any atom is 0.472 e. The Bertz CT molecular complexity index is 1820. The first-order chi connectivity index (χ1) is 44.1. The van der Waals surface area contributed by atoms with Crippen LogP contribution in [0.2, 0.25) is 0 Å². The molecule has 0 saturated carbocycles. The third-order valence-corrected chi connectivity index (χ3v) is 18.7. The zero-order valence-corrected chi connectivity index (χ0v) is 62.0. The maximum absolute atomic E-state index is 13.0. The smallest absolute Gasteiger partial charge is 0.462 e. The Balaban J connectivity index is 5.19. The van der Waals surface area contributed by atoms with Gasteiger partial charge in [0.1, 0.15) is 19.3 Å². The second kappa shape index (κ2) is 62.6. The summed E-state index contributed by atoms with van der Waals surface area (Å²) in [6.07, 6.45) is 46.1. The van der Waals surface area contributed by atoms with Gasteiger partial charge in [0.05, 0.1) is 26.4 Å². The Labute approximate surface area is 562 Å². The van der Waals surface area contributed by atoms with Gasteiger partial charge in [-0.05, 0) is 49.4 Å². The number of aliphatic hydroxyl groups is 1. The summed E-state index contributed by atoms with van der Waals surface area (Å²) in [5.74, 6) is 0.842. The van der Waals surface area contributed by atoms with Gasteiger partial charge in [0.15, 0.2) is 12.2 Å². The predicted molar refractivity (Wildman–Crippen MR) is 372 cm³/mol. The molecule has 92 heavy (non-hydrogen) atoms. The van der Waals surface area contributed by atoms with E-state index >= 15 is 0 Å². The van der Waals surface area contributed by atoms with Crippen molar-refractivity contribution in [3.63, 3.8) is 0 Å². The van der Waals surface area contributed by atoms with Crippen molar-refractivity contribution >= 4 is 39.5 Å². The molecule has 0 aromatic rings. The van der Waals surface area contributed by atoms with E-state index in [1.165, 1.54) is 167 Å². The van der Waals surface area contributed by atoms with Crippen LogP contribution < -0.4 is 0 Å². The Morgan fingerprint density at radius 1 is 0.272 bits per heavy atom. The van der Waals surface area contributed by atoms with Crippen LogP contribution >= 0.6 is 15.6 Å². The van der Waals surface area contributed by atoms with E-state index < -0.39 is 97.5 Å². The lowest BCUT2D eigenvalue weighted by molar-refractivity contribution is -0.161. The first kappa shape index (κ1) is 90.1. The van der Waals surface area contributed by atoms with Gasteiger partial charge in [-0.1, -0.05) is 312 Å². The molecule has 0 radical (unpaired) electrons. The van der Waals surface area contributed by atoms with E-state index in [0.717, 1.165) is 108 Å². The number of ether oxygens (including phenoxy) is 4. The van der Waals surface area contributed by atoms with Crippen molar-refractivity contribution in [1.82, 2.24) is 0 Å². The molecular formula is C73H142O17P2. The summed E-state index contributed by atoms with van der Waals surface area (Å²) in [4.78, 5) is 72.6. The molecule has 0 amide bonds. The largest absolute Gasteiger partial charge is 0.472 e. The number of phosphoric acid groups is 2. The van der Waals surface area contributed by atoms with Crippen LogP contribution in [-0.2, 0) is 65.4 Å². The van der Waals surface area contributed by atoms with Crippen molar-refractivity contribution in [1.29, 1.82) is 0 Å². The van der Waals surface area contributed by atoms with Crippen LogP contribution in [-0.4, -0.2) is 96.7 Å². The van der Waals surface area contributed by atoms with Crippen LogP contribution in [0.15, 0.2) is 0 Å². The van der Waals surface area contributed by atoms with Crippen molar-refractivity contribution in [2.24, 2.45) is 23.7 Å². The second-order valence-electron chi connectivity index (χ2n) is 28.2. The van der Waals surface area contributed by atoms with Gasteiger partial charge in [0.2, 0.25) is 0 Å². The molecular weight excluding hydrogens is 1210 g/mol. The number of carbonyl (C=O) groups is 4. The lowest BCUT2D eigenvalue weighted by Gasteiger charge is -2.21. The number of hydrogen-bond donors (Lipinski definition) is 3. The Morgan fingerprint density at radius 2 is 0.457 bits per heavy atom. The minimum absolute atomic E-state index is 0.102. The summed E-state index contributed by atoms with van der Waals surface area (Å²) < 4.78 is 68.3. The molecule has 3 N–H and O–H groups in total. The highest BCUT2D eigenvalue weighted by molar-refractivity contribution is 7.47. The van der Waals surface area contributed by atoms with Crippen molar-refractivity contribution in [3.8, 4) is 0 Å². The minimum Gasteiger partial charge on any atom is -0.462 e. The fourth-order valence-corrected chi connectivity index (χ4v) is 12.6. The molecule has 0 fully saturated rings. The van der Waals surface area contributed by atoms with E-state index in [1.807, 2.05) is 0 Å². The van der Waals surface area contributed by atoms with Gasteiger partial charge in [-0.25, -0.2) is 9.13 Å². The van der Waals surface area contributed by atoms with Crippen molar-refractivity contribution < 1.29 is 80.2 Å².